The molecule has 0 spiro atoms. The molecule has 0 nitrogen and oxygen atoms in total. The molecule has 0 aliphatic rings. The fraction of sp³-hybridized carbons (Fsp3) is 0.818. The second-order valence-corrected chi connectivity index (χ2v) is 40.0. The van der Waals surface area contributed by atoms with Crippen molar-refractivity contribution in [2.75, 3.05) is 0 Å². The minimum absolute atomic E-state index is 1.39. The Kier molecular flexibility index (Phi) is 19.2. The number of benzene rings is 1. The monoisotopic (exact) mass is 700 g/mol. The maximum absolute atomic E-state index is 2.68. The van der Waals surface area contributed by atoms with Gasteiger partial charge >= 0.3 is 233 Å². The number of rotatable bonds is 22. The van der Waals surface area contributed by atoms with Crippen LogP contribution in [0.1, 0.15) is 135 Å². The van der Waals surface area contributed by atoms with Gasteiger partial charge in [-0.25, -0.2) is 0 Å². The summed E-state index contributed by atoms with van der Waals surface area (Å²) >= 11 is -4.41. The Morgan fingerprint density at radius 3 is 1.09 bits per heavy atom. The molecule has 0 heterocycles. The summed E-state index contributed by atoms with van der Waals surface area (Å²) in [5, 5.41) is 0. The Hall–Kier alpha value is 0.817. The van der Waals surface area contributed by atoms with Crippen LogP contribution in [0.25, 0.3) is 0 Å². The summed E-state index contributed by atoms with van der Waals surface area (Å²) in [5.74, 6) is 0. The standard InChI is InChI=1S/C9H10.6C4H9.2Sn/c1-7-4-5-8(2)9(3)6-7;6*1-3-4-2;;/h4-6H,2-3H2,1H3;6*1,3-4H2,2H3;;. The molecule has 0 atom stereocenters. The van der Waals surface area contributed by atoms with Gasteiger partial charge in [-0.15, -0.1) is 0 Å². The molecule has 0 saturated heterocycles. The van der Waals surface area contributed by atoms with Crippen LogP contribution in [0.5, 0.6) is 0 Å². The van der Waals surface area contributed by atoms with Crippen molar-refractivity contribution in [3.05, 3.63) is 34.9 Å². The van der Waals surface area contributed by atoms with Crippen molar-refractivity contribution in [3.63, 3.8) is 0 Å². The van der Waals surface area contributed by atoms with E-state index in [2.05, 4.69) is 66.7 Å². The number of unbranched alkanes of at least 4 members (excludes halogenated alkanes) is 6. The van der Waals surface area contributed by atoms with E-state index in [1.807, 2.05) is 11.1 Å². The van der Waals surface area contributed by atoms with Gasteiger partial charge < -0.3 is 0 Å². The Morgan fingerprint density at radius 2 is 0.771 bits per heavy atom. The van der Waals surface area contributed by atoms with E-state index in [1.165, 1.54) is 82.6 Å². The summed E-state index contributed by atoms with van der Waals surface area (Å²) < 4.78 is 13.0. The Bertz CT molecular complexity index is 607. The molecule has 0 N–H and O–H groups in total. The molecule has 0 saturated carbocycles. The van der Waals surface area contributed by atoms with Crippen molar-refractivity contribution in [1.29, 1.82) is 0 Å². The van der Waals surface area contributed by atoms with Crippen LogP contribution in [0.15, 0.2) is 18.2 Å². The van der Waals surface area contributed by atoms with Crippen LogP contribution in [-0.2, 0) is 8.87 Å². The number of hydrogen-bond acceptors (Lipinski definition) is 0. The predicted molar refractivity (Wildman–Crippen MR) is 168 cm³/mol. The summed E-state index contributed by atoms with van der Waals surface area (Å²) in [6.07, 6.45) is 17.3. The van der Waals surface area contributed by atoms with Gasteiger partial charge in [-0.3, -0.25) is 0 Å². The zero-order chi connectivity index (χ0) is 26.0. The molecule has 0 bridgehead atoms. The van der Waals surface area contributed by atoms with Gasteiger partial charge in [0.05, 0.1) is 0 Å². The summed E-state index contributed by atoms with van der Waals surface area (Å²) in [6.45, 7) is 16.9. The summed E-state index contributed by atoms with van der Waals surface area (Å²) in [4.78, 5) is 0. The average molecular weight is 698 g/mol. The first-order valence-corrected chi connectivity index (χ1v) is 32.2. The Morgan fingerprint density at radius 1 is 0.457 bits per heavy atom. The molecule has 0 fully saturated rings. The molecule has 1 aromatic carbocycles. The van der Waals surface area contributed by atoms with E-state index in [-0.39, 0.29) is 0 Å². The SMILES string of the molecule is CCC[CH2][Sn]([CH2]CCC)([CH2]CCC)[CH2]c1ccc(C)cc1[CH2][Sn]([CH2]CCC)([CH2]CCC)[CH2]CCC. The fourth-order valence-corrected chi connectivity index (χ4v) is 39.2. The van der Waals surface area contributed by atoms with Crippen molar-refractivity contribution < 1.29 is 0 Å². The first kappa shape index (κ1) is 33.8. The second-order valence-electron chi connectivity index (χ2n) is 12.2. The molecule has 1 aromatic rings. The third-order valence-electron chi connectivity index (χ3n) is 8.86. The summed E-state index contributed by atoms with van der Waals surface area (Å²) in [6, 6.07) is 7.79. The molecular formula is C33H64Sn2. The van der Waals surface area contributed by atoms with E-state index in [1.54, 1.807) is 35.5 Å². The fourth-order valence-electron chi connectivity index (χ4n) is 6.49. The van der Waals surface area contributed by atoms with Crippen LogP contribution >= 0.6 is 0 Å². The summed E-state index contributed by atoms with van der Waals surface area (Å²) in [5.41, 5.74) is 5.22. The first-order chi connectivity index (χ1) is 16.9. The van der Waals surface area contributed by atoms with Crippen LogP contribution in [-0.4, -0.2) is 36.8 Å². The van der Waals surface area contributed by atoms with Crippen LogP contribution in [0.4, 0.5) is 0 Å². The van der Waals surface area contributed by atoms with Crippen molar-refractivity contribution in [2.24, 2.45) is 0 Å². The van der Waals surface area contributed by atoms with E-state index in [9.17, 15) is 0 Å². The van der Waals surface area contributed by atoms with E-state index in [0.29, 0.717) is 0 Å². The third-order valence-corrected chi connectivity index (χ3v) is 39.5. The van der Waals surface area contributed by atoms with Crippen molar-refractivity contribution in [2.45, 2.75) is 161 Å². The predicted octanol–water partition coefficient (Wildman–Crippen LogP) is 11.9. The quantitative estimate of drug-likeness (QED) is 0.106. The molecule has 2 heteroatoms. The zero-order valence-electron chi connectivity index (χ0n) is 25.4. The van der Waals surface area contributed by atoms with Crippen molar-refractivity contribution in [1.82, 2.24) is 0 Å². The maximum atomic E-state index is 2.68. The summed E-state index contributed by atoms with van der Waals surface area (Å²) in [7, 11) is 0. The van der Waals surface area contributed by atoms with Gasteiger partial charge in [0.25, 0.3) is 0 Å². The van der Waals surface area contributed by atoms with Gasteiger partial charge in [-0.1, -0.05) is 0 Å². The molecule has 0 amide bonds. The molecule has 204 valence electrons. The topological polar surface area (TPSA) is 0 Å². The molecule has 0 aliphatic carbocycles. The third kappa shape index (κ3) is 12.9. The molecule has 0 unspecified atom stereocenters. The van der Waals surface area contributed by atoms with Gasteiger partial charge in [-0.2, -0.15) is 0 Å². The minimum atomic E-state index is -2.21. The molecule has 0 aromatic heterocycles. The normalized spacial score (nSPS) is 12.4. The van der Waals surface area contributed by atoms with Gasteiger partial charge in [0.2, 0.25) is 0 Å². The van der Waals surface area contributed by atoms with Crippen LogP contribution in [0.2, 0.25) is 26.6 Å². The van der Waals surface area contributed by atoms with Crippen molar-refractivity contribution in [3.8, 4) is 0 Å². The van der Waals surface area contributed by atoms with E-state index >= 15 is 0 Å². The van der Waals surface area contributed by atoms with Crippen molar-refractivity contribution >= 4 is 36.8 Å². The van der Waals surface area contributed by atoms with Crippen LogP contribution in [0.3, 0.4) is 0 Å². The van der Waals surface area contributed by atoms with E-state index in [4.69, 9.17) is 0 Å². The van der Waals surface area contributed by atoms with E-state index < -0.39 is 36.8 Å². The first-order valence-electron chi connectivity index (χ1n) is 16.0. The molecular weight excluding hydrogens is 634 g/mol. The van der Waals surface area contributed by atoms with Gasteiger partial charge in [0.15, 0.2) is 0 Å². The Labute approximate surface area is 231 Å². The second kappa shape index (κ2) is 19.8. The number of hydrogen-bond donors (Lipinski definition) is 0. The average Bonchev–Trinajstić information content (AvgIpc) is 2.87. The molecule has 0 aliphatic heterocycles. The Balaban J connectivity index is 3.41. The molecule has 35 heavy (non-hydrogen) atoms. The van der Waals surface area contributed by atoms with Gasteiger partial charge in [-0.05, 0) is 0 Å². The van der Waals surface area contributed by atoms with Gasteiger partial charge in [0.1, 0.15) is 0 Å². The molecule has 1 rings (SSSR count). The zero-order valence-corrected chi connectivity index (χ0v) is 31.1. The number of aryl methyl sites for hydroxylation is 1. The van der Waals surface area contributed by atoms with Crippen LogP contribution in [0, 0.1) is 6.92 Å². The molecule has 0 radical (unpaired) electrons. The van der Waals surface area contributed by atoms with E-state index in [0.717, 1.165) is 0 Å². The van der Waals surface area contributed by atoms with Crippen LogP contribution < -0.4 is 0 Å². The van der Waals surface area contributed by atoms with Gasteiger partial charge in [0, 0.05) is 0 Å².